The maximum Gasteiger partial charge on any atom is 0.231 e. The van der Waals surface area contributed by atoms with Crippen LogP contribution in [0, 0.1) is 5.92 Å². The van der Waals surface area contributed by atoms with Gasteiger partial charge in [0, 0.05) is 24.2 Å². The van der Waals surface area contributed by atoms with Crippen LogP contribution in [0.4, 0.5) is 5.69 Å². The quantitative estimate of drug-likeness (QED) is 0.834. The minimum Gasteiger partial charge on any atom is -0.316 e. The summed E-state index contributed by atoms with van der Waals surface area (Å²) in [6, 6.07) is 8.50. The highest BCUT2D eigenvalue weighted by molar-refractivity contribution is 5.98. The van der Waals surface area contributed by atoms with E-state index in [1.165, 1.54) is 24.1 Å². The molecule has 1 atom stereocenters. The lowest BCUT2D eigenvalue weighted by Crippen LogP contribution is -2.43. The SMILES string of the molecule is O=C(C1CCCNC1)N1CC2(CC2)c2ccccc21. The fourth-order valence-electron chi connectivity index (χ4n) is 3.69. The maximum atomic E-state index is 12.8. The van der Waals surface area contributed by atoms with Crippen molar-refractivity contribution >= 4 is 11.6 Å². The largest absolute Gasteiger partial charge is 0.316 e. The molecule has 1 N–H and O–H groups in total. The molecule has 3 aliphatic rings. The van der Waals surface area contributed by atoms with Crippen molar-refractivity contribution < 1.29 is 4.79 Å². The number of hydrogen-bond acceptors (Lipinski definition) is 2. The van der Waals surface area contributed by atoms with Crippen LogP contribution in [0.25, 0.3) is 0 Å². The predicted molar refractivity (Wildman–Crippen MR) is 75.3 cm³/mol. The number of amides is 1. The molecule has 1 spiro atoms. The summed E-state index contributed by atoms with van der Waals surface area (Å²) in [4.78, 5) is 14.8. The van der Waals surface area contributed by atoms with E-state index in [0.717, 1.165) is 32.5 Å². The minimum absolute atomic E-state index is 0.177. The van der Waals surface area contributed by atoms with E-state index in [0.29, 0.717) is 11.3 Å². The monoisotopic (exact) mass is 256 g/mol. The lowest BCUT2D eigenvalue weighted by Gasteiger charge is -2.27. The van der Waals surface area contributed by atoms with Crippen LogP contribution < -0.4 is 10.2 Å². The van der Waals surface area contributed by atoms with Crippen LogP contribution in [0.5, 0.6) is 0 Å². The third-order valence-corrected chi connectivity index (χ3v) is 4.99. The summed E-state index contributed by atoms with van der Waals surface area (Å²) in [7, 11) is 0. The van der Waals surface area contributed by atoms with Gasteiger partial charge in [0.2, 0.25) is 5.91 Å². The first-order chi connectivity index (χ1) is 9.30. The molecule has 19 heavy (non-hydrogen) atoms. The zero-order valence-corrected chi connectivity index (χ0v) is 11.2. The van der Waals surface area contributed by atoms with Crippen molar-refractivity contribution in [2.45, 2.75) is 31.1 Å². The van der Waals surface area contributed by atoms with Gasteiger partial charge in [-0.25, -0.2) is 0 Å². The topological polar surface area (TPSA) is 32.3 Å². The van der Waals surface area contributed by atoms with Gasteiger partial charge in [-0.1, -0.05) is 18.2 Å². The molecule has 1 unspecified atom stereocenters. The molecule has 2 aliphatic heterocycles. The Balaban J connectivity index is 1.64. The summed E-state index contributed by atoms with van der Waals surface area (Å²) in [6.07, 6.45) is 4.65. The van der Waals surface area contributed by atoms with Crippen LogP contribution in [0.3, 0.4) is 0 Å². The molecule has 0 aromatic heterocycles. The Kier molecular flexibility index (Phi) is 2.46. The summed E-state index contributed by atoms with van der Waals surface area (Å²) >= 11 is 0. The summed E-state index contributed by atoms with van der Waals surface area (Å²) in [6.45, 7) is 2.83. The Bertz CT molecular complexity index is 515. The standard InChI is InChI=1S/C16H20N2O/c19-15(12-4-3-9-17-10-12)18-11-16(7-8-16)13-5-1-2-6-14(13)18/h1-2,5-6,12,17H,3-4,7-11H2. The van der Waals surface area contributed by atoms with Crippen molar-refractivity contribution in [1.82, 2.24) is 5.32 Å². The second-order valence-electron chi connectivity index (χ2n) is 6.27. The molecular weight excluding hydrogens is 236 g/mol. The molecule has 3 nitrogen and oxygen atoms in total. The average molecular weight is 256 g/mol. The molecule has 4 rings (SSSR count). The van der Waals surface area contributed by atoms with Crippen LogP contribution in [-0.4, -0.2) is 25.5 Å². The van der Waals surface area contributed by atoms with Gasteiger partial charge in [0.05, 0.1) is 5.92 Å². The Morgan fingerprint density at radius 3 is 2.89 bits per heavy atom. The van der Waals surface area contributed by atoms with Crippen LogP contribution in [0.15, 0.2) is 24.3 Å². The van der Waals surface area contributed by atoms with Gasteiger partial charge in [0.15, 0.2) is 0 Å². The first kappa shape index (κ1) is 11.5. The van der Waals surface area contributed by atoms with E-state index in [4.69, 9.17) is 0 Å². The molecule has 1 aromatic carbocycles. The van der Waals surface area contributed by atoms with Crippen molar-refractivity contribution in [3.63, 3.8) is 0 Å². The van der Waals surface area contributed by atoms with E-state index in [-0.39, 0.29) is 5.92 Å². The molecule has 1 saturated heterocycles. The zero-order valence-electron chi connectivity index (χ0n) is 11.2. The molecular formula is C16H20N2O. The lowest BCUT2D eigenvalue weighted by molar-refractivity contribution is -0.122. The number of piperidine rings is 1. The number of nitrogens with one attached hydrogen (secondary N) is 1. The molecule has 1 amide bonds. The van der Waals surface area contributed by atoms with E-state index in [2.05, 4.69) is 34.5 Å². The Hall–Kier alpha value is -1.35. The van der Waals surface area contributed by atoms with Gasteiger partial charge in [-0.15, -0.1) is 0 Å². The highest BCUT2D eigenvalue weighted by Gasteiger charge is 2.53. The molecule has 100 valence electrons. The van der Waals surface area contributed by atoms with Crippen LogP contribution in [0.2, 0.25) is 0 Å². The van der Waals surface area contributed by atoms with Gasteiger partial charge in [0.1, 0.15) is 0 Å². The van der Waals surface area contributed by atoms with E-state index in [1.807, 2.05) is 0 Å². The lowest BCUT2D eigenvalue weighted by atomic mass is 9.98. The normalized spacial score (nSPS) is 27.4. The van der Waals surface area contributed by atoms with Gasteiger partial charge in [-0.3, -0.25) is 4.79 Å². The summed E-state index contributed by atoms with van der Waals surface area (Å²) in [5.41, 5.74) is 2.90. The van der Waals surface area contributed by atoms with Crippen molar-refractivity contribution in [2.75, 3.05) is 24.5 Å². The van der Waals surface area contributed by atoms with Crippen molar-refractivity contribution in [2.24, 2.45) is 5.92 Å². The Morgan fingerprint density at radius 1 is 1.32 bits per heavy atom. The van der Waals surface area contributed by atoms with Gasteiger partial charge in [0.25, 0.3) is 0 Å². The third kappa shape index (κ3) is 1.71. The molecule has 2 fully saturated rings. The first-order valence-corrected chi connectivity index (χ1v) is 7.42. The maximum absolute atomic E-state index is 12.8. The Labute approximate surface area is 114 Å². The van der Waals surface area contributed by atoms with Crippen molar-refractivity contribution in [3.8, 4) is 0 Å². The van der Waals surface area contributed by atoms with Crippen LogP contribution in [0.1, 0.15) is 31.2 Å². The second kappa shape index (κ2) is 4.07. The van der Waals surface area contributed by atoms with Gasteiger partial charge in [-0.2, -0.15) is 0 Å². The average Bonchev–Trinajstić information content (AvgIpc) is 3.18. The van der Waals surface area contributed by atoms with E-state index in [1.54, 1.807) is 0 Å². The zero-order chi connectivity index (χ0) is 12.9. The van der Waals surface area contributed by atoms with Crippen LogP contribution in [-0.2, 0) is 10.2 Å². The number of carbonyl (C=O) groups excluding carboxylic acids is 1. The fourth-order valence-corrected chi connectivity index (χ4v) is 3.69. The molecule has 1 saturated carbocycles. The van der Waals surface area contributed by atoms with Gasteiger partial charge < -0.3 is 10.2 Å². The Morgan fingerprint density at radius 2 is 2.16 bits per heavy atom. The highest BCUT2D eigenvalue weighted by Crippen LogP contribution is 2.56. The number of benzene rings is 1. The molecule has 1 aromatic rings. The number of hydrogen-bond donors (Lipinski definition) is 1. The second-order valence-corrected chi connectivity index (χ2v) is 6.27. The number of rotatable bonds is 1. The number of carbonyl (C=O) groups is 1. The summed E-state index contributed by atoms with van der Waals surface area (Å²) in [5.74, 6) is 0.513. The highest BCUT2D eigenvalue weighted by atomic mass is 16.2. The minimum atomic E-state index is 0.177. The number of anilines is 1. The van der Waals surface area contributed by atoms with E-state index >= 15 is 0 Å². The molecule has 3 heteroatoms. The van der Waals surface area contributed by atoms with Gasteiger partial charge in [-0.05, 0) is 43.9 Å². The molecule has 0 radical (unpaired) electrons. The molecule has 0 bridgehead atoms. The van der Waals surface area contributed by atoms with Gasteiger partial charge >= 0.3 is 0 Å². The number of para-hydroxylation sites is 1. The van der Waals surface area contributed by atoms with Crippen molar-refractivity contribution in [3.05, 3.63) is 29.8 Å². The molecule has 2 heterocycles. The third-order valence-electron chi connectivity index (χ3n) is 4.99. The number of nitrogens with zero attached hydrogens (tertiary/aromatic N) is 1. The number of fused-ring (bicyclic) bond motifs is 2. The fraction of sp³-hybridized carbons (Fsp3) is 0.562. The summed E-state index contributed by atoms with van der Waals surface area (Å²) < 4.78 is 0. The van der Waals surface area contributed by atoms with Crippen molar-refractivity contribution in [1.29, 1.82) is 0 Å². The van der Waals surface area contributed by atoms with E-state index < -0.39 is 0 Å². The molecule has 1 aliphatic carbocycles. The first-order valence-electron chi connectivity index (χ1n) is 7.42. The smallest absolute Gasteiger partial charge is 0.231 e. The van der Waals surface area contributed by atoms with E-state index in [9.17, 15) is 4.79 Å². The predicted octanol–water partition coefficient (Wildman–Crippen LogP) is 2.06. The summed E-state index contributed by atoms with van der Waals surface area (Å²) in [5, 5.41) is 3.35. The van der Waals surface area contributed by atoms with Crippen LogP contribution >= 0.6 is 0 Å².